The van der Waals surface area contributed by atoms with E-state index in [1.165, 1.54) is 6.20 Å². The first-order valence-corrected chi connectivity index (χ1v) is 9.23. The molecule has 0 spiro atoms. The van der Waals surface area contributed by atoms with Crippen LogP contribution in [-0.2, 0) is 5.60 Å². The zero-order valence-electron chi connectivity index (χ0n) is 16.2. The summed E-state index contributed by atoms with van der Waals surface area (Å²) < 4.78 is 121. The van der Waals surface area contributed by atoms with Crippen molar-refractivity contribution in [2.24, 2.45) is 5.92 Å². The van der Waals surface area contributed by atoms with Crippen molar-refractivity contribution in [3.05, 3.63) is 18.1 Å². The van der Waals surface area contributed by atoms with Crippen molar-refractivity contribution < 1.29 is 49.4 Å². The Bertz CT molecular complexity index is 804. The fourth-order valence-corrected chi connectivity index (χ4v) is 3.88. The number of aromatic nitrogens is 2. The van der Waals surface area contributed by atoms with Crippen molar-refractivity contribution in [1.82, 2.24) is 14.9 Å². The monoisotopic (exact) mass is 503 g/mol. The van der Waals surface area contributed by atoms with E-state index in [-0.39, 0.29) is 30.6 Å². The van der Waals surface area contributed by atoms with E-state index in [2.05, 4.69) is 9.97 Å². The second-order valence-electron chi connectivity index (χ2n) is 7.63. The molecule has 0 saturated carbocycles. The highest BCUT2D eigenvalue weighted by atomic mass is 35.5. The molecule has 3 fully saturated rings. The summed E-state index contributed by atoms with van der Waals surface area (Å²) in [7, 11) is 0. The smallest absolute Gasteiger partial charge is 0.460 e. The average molecular weight is 504 g/mol. The number of hydrogen-bond acceptors (Lipinski definition) is 5. The molecule has 1 N–H and O–H groups in total. The Balaban J connectivity index is 0.00000363. The summed E-state index contributed by atoms with van der Waals surface area (Å²) in [6.45, 7) is 0.210. The van der Waals surface area contributed by atoms with Gasteiger partial charge >= 0.3 is 23.9 Å². The number of rotatable bonds is 7. The lowest BCUT2D eigenvalue weighted by atomic mass is 9.73. The van der Waals surface area contributed by atoms with Crippen LogP contribution in [0.1, 0.15) is 25.0 Å². The number of hydrogen-bond donors (Lipinski definition) is 1. The Labute approximate surface area is 182 Å². The Kier molecular flexibility index (Phi) is 7.24. The molecule has 15 heteroatoms. The molecule has 4 rings (SSSR count). The van der Waals surface area contributed by atoms with Crippen molar-refractivity contribution in [2.75, 3.05) is 26.2 Å². The second-order valence-corrected chi connectivity index (χ2v) is 7.63. The third-order valence-electron chi connectivity index (χ3n) is 5.67. The van der Waals surface area contributed by atoms with Gasteiger partial charge < -0.3 is 14.7 Å². The number of fused-ring (bicyclic) bond motifs is 3. The van der Waals surface area contributed by atoms with Gasteiger partial charge in [-0.05, 0) is 31.8 Å². The Morgan fingerprint density at radius 3 is 2.03 bits per heavy atom. The van der Waals surface area contributed by atoms with Gasteiger partial charge in [-0.25, -0.2) is 4.98 Å². The van der Waals surface area contributed by atoms with Gasteiger partial charge in [-0.1, -0.05) is 0 Å². The number of ether oxygens (including phenoxy) is 1. The van der Waals surface area contributed by atoms with E-state index in [0.29, 0.717) is 12.8 Å². The van der Waals surface area contributed by atoms with E-state index >= 15 is 0 Å². The minimum atomic E-state index is -6.95. The molecule has 32 heavy (non-hydrogen) atoms. The van der Waals surface area contributed by atoms with Crippen LogP contribution >= 0.6 is 12.4 Å². The molecule has 1 atom stereocenters. The molecule has 0 aliphatic carbocycles. The molecule has 0 aromatic carbocycles. The molecule has 1 aromatic rings. The van der Waals surface area contributed by atoms with Crippen molar-refractivity contribution >= 4 is 12.4 Å². The van der Waals surface area contributed by atoms with Crippen LogP contribution in [-0.4, -0.2) is 70.2 Å². The van der Waals surface area contributed by atoms with E-state index in [1.54, 1.807) is 0 Å². The van der Waals surface area contributed by atoms with Crippen molar-refractivity contribution in [3.8, 4) is 5.88 Å². The quantitative estimate of drug-likeness (QED) is 0.569. The lowest BCUT2D eigenvalue weighted by molar-refractivity contribution is -0.397. The summed E-state index contributed by atoms with van der Waals surface area (Å²) in [5.41, 5.74) is -1.70. The topological polar surface area (TPSA) is 58.5 Å². The fraction of sp³-hybridized carbons (Fsp3) is 0.765. The van der Waals surface area contributed by atoms with Crippen LogP contribution in [0.5, 0.6) is 5.88 Å². The van der Waals surface area contributed by atoms with Crippen molar-refractivity contribution in [3.63, 3.8) is 0 Å². The van der Waals surface area contributed by atoms with Gasteiger partial charge in [0.05, 0.1) is 13.0 Å². The largest absolute Gasteiger partial charge is 0.476 e. The molecule has 3 aliphatic heterocycles. The van der Waals surface area contributed by atoms with E-state index in [4.69, 9.17) is 4.74 Å². The standard InChI is InChI=1S/C17H18F9N3O2.ClH/c18-14(19,15(20,21)16(22,23)17(24,25)26)3-8-31-12-11(27-4-5-28-12)13(30)9-29-6-1-10(13)2-7-29;/h4-5,10,30H,1-3,6-9H2;1H. The first-order chi connectivity index (χ1) is 14.1. The lowest BCUT2D eigenvalue weighted by Crippen LogP contribution is -2.61. The van der Waals surface area contributed by atoms with Crippen LogP contribution in [0.3, 0.4) is 0 Å². The number of alkyl halides is 9. The van der Waals surface area contributed by atoms with Crippen LogP contribution in [0.25, 0.3) is 0 Å². The molecular formula is C17H19ClF9N3O2. The Morgan fingerprint density at radius 1 is 0.969 bits per heavy atom. The maximum absolute atomic E-state index is 13.7. The summed E-state index contributed by atoms with van der Waals surface area (Å²) in [5.74, 6) is -20.2. The highest BCUT2D eigenvalue weighted by molar-refractivity contribution is 5.85. The van der Waals surface area contributed by atoms with E-state index in [9.17, 15) is 44.6 Å². The summed E-state index contributed by atoms with van der Waals surface area (Å²) in [5, 5.41) is 11.1. The van der Waals surface area contributed by atoms with Crippen LogP contribution in [0, 0.1) is 5.92 Å². The normalized spacial score (nSPS) is 26.6. The van der Waals surface area contributed by atoms with Gasteiger partial charge in [0.1, 0.15) is 11.3 Å². The van der Waals surface area contributed by atoms with E-state index in [0.717, 1.165) is 19.3 Å². The molecule has 5 nitrogen and oxygen atoms in total. The van der Waals surface area contributed by atoms with Gasteiger partial charge in [0.25, 0.3) is 0 Å². The SMILES string of the molecule is Cl.OC1(c2nccnc2OCCC(F)(F)C(F)(F)C(F)(F)C(F)(F)F)CN2CCC1CC2. The molecule has 2 bridgehead atoms. The maximum Gasteiger partial charge on any atom is 0.460 e. The fourth-order valence-electron chi connectivity index (χ4n) is 3.88. The van der Waals surface area contributed by atoms with Gasteiger partial charge in [0.2, 0.25) is 5.88 Å². The third-order valence-corrected chi connectivity index (χ3v) is 5.67. The van der Waals surface area contributed by atoms with Crippen molar-refractivity contribution in [2.45, 2.75) is 48.8 Å². The molecule has 1 aromatic heterocycles. The summed E-state index contributed by atoms with van der Waals surface area (Å²) in [6.07, 6.45) is -5.58. The minimum Gasteiger partial charge on any atom is -0.476 e. The van der Waals surface area contributed by atoms with Gasteiger partial charge in [0, 0.05) is 18.9 Å². The zero-order valence-corrected chi connectivity index (χ0v) is 17.0. The predicted molar refractivity (Wildman–Crippen MR) is 93.3 cm³/mol. The first-order valence-electron chi connectivity index (χ1n) is 9.23. The highest BCUT2D eigenvalue weighted by Gasteiger charge is 2.81. The molecular weight excluding hydrogens is 485 g/mol. The molecule has 3 saturated heterocycles. The average Bonchev–Trinajstić information content (AvgIpc) is 2.67. The van der Waals surface area contributed by atoms with Crippen LogP contribution < -0.4 is 4.74 Å². The molecule has 0 amide bonds. The van der Waals surface area contributed by atoms with Gasteiger partial charge in [0.15, 0.2) is 0 Å². The van der Waals surface area contributed by atoms with E-state index in [1.807, 2.05) is 4.90 Å². The molecule has 4 heterocycles. The van der Waals surface area contributed by atoms with Crippen molar-refractivity contribution in [1.29, 1.82) is 0 Å². The van der Waals surface area contributed by atoms with Gasteiger partial charge in [-0.3, -0.25) is 4.98 Å². The second kappa shape index (κ2) is 8.67. The Hall–Kier alpha value is -1.54. The first kappa shape index (κ1) is 26.7. The maximum atomic E-state index is 13.7. The summed E-state index contributed by atoms with van der Waals surface area (Å²) >= 11 is 0. The summed E-state index contributed by atoms with van der Waals surface area (Å²) in [6, 6.07) is 0. The van der Waals surface area contributed by atoms with Crippen LogP contribution in [0.4, 0.5) is 39.5 Å². The number of halogens is 10. The third kappa shape index (κ3) is 4.32. The highest BCUT2D eigenvalue weighted by Crippen LogP contribution is 2.54. The summed E-state index contributed by atoms with van der Waals surface area (Å²) in [4.78, 5) is 9.61. The van der Waals surface area contributed by atoms with Gasteiger partial charge in [-0.15, -0.1) is 12.4 Å². The Morgan fingerprint density at radius 2 is 1.53 bits per heavy atom. The predicted octanol–water partition coefficient (Wildman–Crippen LogP) is 4.05. The minimum absolute atomic E-state index is 0. The molecule has 1 unspecified atom stereocenters. The van der Waals surface area contributed by atoms with E-state index < -0.39 is 48.5 Å². The zero-order chi connectivity index (χ0) is 23.3. The molecule has 3 aliphatic rings. The number of aliphatic hydroxyl groups is 1. The van der Waals surface area contributed by atoms with Crippen LogP contribution in [0.15, 0.2) is 12.4 Å². The molecule has 184 valence electrons. The van der Waals surface area contributed by atoms with Crippen LogP contribution in [0.2, 0.25) is 0 Å². The molecule has 0 radical (unpaired) electrons. The van der Waals surface area contributed by atoms with Gasteiger partial charge in [-0.2, -0.15) is 39.5 Å². The number of nitrogens with zero attached hydrogens (tertiary/aromatic N) is 3. The lowest BCUT2D eigenvalue weighted by Gasteiger charge is -2.49. The number of piperidine rings is 3.